The Morgan fingerprint density at radius 2 is 1.53 bits per heavy atom. The van der Waals surface area contributed by atoms with E-state index in [9.17, 15) is 18.0 Å². The first-order valence-electron chi connectivity index (χ1n) is 12.7. The molecule has 1 aliphatic rings. The average molecular weight is 514 g/mol. The fraction of sp³-hybridized carbons (Fsp3) is 0.500. The van der Waals surface area contributed by atoms with Crippen molar-refractivity contribution in [3.8, 4) is 0 Å². The van der Waals surface area contributed by atoms with Crippen LogP contribution in [0.1, 0.15) is 61.3 Å². The number of carbonyl (C=O) groups is 2. The number of amides is 2. The molecule has 2 amide bonds. The van der Waals surface area contributed by atoms with Crippen LogP contribution >= 0.6 is 0 Å². The number of hydrogen-bond donors (Lipinski definition) is 1. The normalized spacial score (nSPS) is 15.2. The fourth-order valence-electron chi connectivity index (χ4n) is 4.75. The lowest BCUT2D eigenvalue weighted by molar-refractivity contribution is -0.139. The Hall–Kier alpha value is -2.87. The van der Waals surface area contributed by atoms with E-state index < -0.39 is 22.0 Å². The molecule has 3 rings (SSSR count). The second kappa shape index (κ2) is 11.9. The smallest absolute Gasteiger partial charge is 0.244 e. The van der Waals surface area contributed by atoms with Gasteiger partial charge < -0.3 is 10.2 Å². The van der Waals surface area contributed by atoms with Crippen molar-refractivity contribution in [3.63, 3.8) is 0 Å². The van der Waals surface area contributed by atoms with Crippen LogP contribution in [0.3, 0.4) is 0 Å². The largest absolute Gasteiger partial charge is 0.352 e. The molecule has 1 saturated carbocycles. The lowest BCUT2D eigenvalue weighted by Crippen LogP contribution is -2.53. The summed E-state index contributed by atoms with van der Waals surface area (Å²) in [6.07, 6.45) is 6.34. The summed E-state index contributed by atoms with van der Waals surface area (Å²) in [6.45, 7) is 7.31. The highest BCUT2D eigenvalue weighted by Gasteiger charge is 2.31. The molecule has 2 aromatic carbocycles. The molecule has 36 heavy (non-hydrogen) atoms. The summed E-state index contributed by atoms with van der Waals surface area (Å²) in [6, 6.07) is 12.6. The van der Waals surface area contributed by atoms with Gasteiger partial charge in [-0.05, 0) is 69.4 Å². The summed E-state index contributed by atoms with van der Waals surface area (Å²) in [5.74, 6) is -0.633. The molecule has 0 spiro atoms. The van der Waals surface area contributed by atoms with Crippen LogP contribution < -0.4 is 9.62 Å². The van der Waals surface area contributed by atoms with E-state index in [1.807, 2.05) is 51.1 Å². The van der Waals surface area contributed by atoms with Crippen molar-refractivity contribution in [2.75, 3.05) is 17.1 Å². The number of carbonyl (C=O) groups excluding carboxylic acids is 2. The molecule has 0 radical (unpaired) electrons. The van der Waals surface area contributed by atoms with E-state index in [0.717, 1.165) is 58.5 Å². The lowest BCUT2D eigenvalue weighted by atomic mass is 9.95. The third-order valence-corrected chi connectivity index (χ3v) is 7.91. The van der Waals surface area contributed by atoms with Crippen molar-refractivity contribution >= 4 is 27.5 Å². The number of aryl methyl sites for hydroxylation is 3. The minimum atomic E-state index is -3.74. The summed E-state index contributed by atoms with van der Waals surface area (Å²) in [5, 5.41) is 3.11. The number of rotatable bonds is 9. The van der Waals surface area contributed by atoms with Gasteiger partial charge in [0.2, 0.25) is 21.8 Å². The molecule has 1 fully saturated rings. The summed E-state index contributed by atoms with van der Waals surface area (Å²) in [7, 11) is -3.74. The minimum absolute atomic E-state index is 0.118. The molecular weight excluding hydrogens is 474 g/mol. The molecule has 0 bridgehead atoms. The summed E-state index contributed by atoms with van der Waals surface area (Å²) >= 11 is 0. The minimum Gasteiger partial charge on any atom is -0.352 e. The molecule has 7 nitrogen and oxygen atoms in total. The van der Waals surface area contributed by atoms with Crippen LogP contribution in [0.25, 0.3) is 0 Å². The maximum absolute atomic E-state index is 13.7. The van der Waals surface area contributed by atoms with Gasteiger partial charge >= 0.3 is 0 Å². The first-order valence-corrected chi connectivity index (χ1v) is 14.5. The highest BCUT2D eigenvalue weighted by molar-refractivity contribution is 7.92. The predicted molar refractivity (Wildman–Crippen MR) is 144 cm³/mol. The number of benzene rings is 2. The summed E-state index contributed by atoms with van der Waals surface area (Å²) in [4.78, 5) is 28.4. The first-order chi connectivity index (χ1) is 16.9. The zero-order valence-corrected chi connectivity index (χ0v) is 22.9. The molecule has 2 aromatic rings. The monoisotopic (exact) mass is 513 g/mol. The molecule has 0 aliphatic heterocycles. The average Bonchev–Trinajstić information content (AvgIpc) is 2.80. The van der Waals surface area contributed by atoms with Crippen LogP contribution in [0, 0.1) is 20.8 Å². The third-order valence-electron chi connectivity index (χ3n) is 6.77. The molecule has 0 saturated heterocycles. The van der Waals surface area contributed by atoms with E-state index in [1.165, 1.54) is 11.3 Å². The van der Waals surface area contributed by atoms with Crippen LogP contribution in [-0.4, -0.2) is 50.0 Å². The molecule has 0 heterocycles. The lowest BCUT2D eigenvalue weighted by Gasteiger charge is -2.33. The number of sulfonamides is 1. The molecule has 0 unspecified atom stereocenters. The Morgan fingerprint density at radius 3 is 2.08 bits per heavy atom. The van der Waals surface area contributed by atoms with Crippen molar-refractivity contribution in [2.45, 2.75) is 78.4 Å². The van der Waals surface area contributed by atoms with Crippen LogP contribution in [0.4, 0.5) is 5.69 Å². The van der Waals surface area contributed by atoms with Gasteiger partial charge in [0.05, 0.1) is 11.9 Å². The van der Waals surface area contributed by atoms with E-state index in [2.05, 4.69) is 5.32 Å². The van der Waals surface area contributed by atoms with E-state index in [-0.39, 0.29) is 25.0 Å². The Labute approximate surface area is 215 Å². The van der Waals surface area contributed by atoms with Crippen molar-refractivity contribution in [1.82, 2.24) is 10.2 Å². The van der Waals surface area contributed by atoms with Crippen molar-refractivity contribution in [2.24, 2.45) is 0 Å². The molecule has 1 N–H and O–H groups in total. The fourth-order valence-corrected chi connectivity index (χ4v) is 5.58. The molecule has 1 aliphatic carbocycles. The Bertz CT molecular complexity index is 1150. The van der Waals surface area contributed by atoms with Gasteiger partial charge in [-0.1, -0.05) is 55.2 Å². The van der Waals surface area contributed by atoms with Gasteiger partial charge in [0.1, 0.15) is 12.6 Å². The quantitative estimate of drug-likeness (QED) is 0.543. The Kier molecular flexibility index (Phi) is 9.17. The van der Waals surface area contributed by atoms with E-state index in [4.69, 9.17) is 0 Å². The molecule has 196 valence electrons. The van der Waals surface area contributed by atoms with Crippen LogP contribution in [-0.2, 0) is 26.2 Å². The van der Waals surface area contributed by atoms with Crippen molar-refractivity contribution in [3.05, 3.63) is 64.7 Å². The van der Waals surface area contributed by atoms with Crippen LogP contribution in [0.15, 0.2) is 42.5 Å². The Balaban J connectivity index is 1.88. The zero-order valence-electron chi connectivity index (χ0n) is 22.1. The molecule has 1 atom stereocenters. The maximum Gasteiger partial charge on any atom is 0.244 e. The highest BCUT2D eigenvalue weighted by Crippen LogP contribution is 2.23. The van der Waals surface area contributed by atoms with E-state index >= 15 is 0 Å². The SMILES string of the molecule is Cc1ccc(CN(C(=O)CN(c2cc(C)cc(C)c2)S(C)(=O)=O)[C@@H](C)C(=O)NC2CCCCC2)cc1. The van der Waals surface area contributed by atoms with Crippen LogP contribution in [0.5, 0.6) is 0 Å². The van der Waals surface area contributed by atoms with Gasteiger partial charge in [0.25, 0.3) is 0 Å². The third kappa shape index (κ3) is 7.56. The van der Waals surface area contributed by atoms with Crippen LogP contribution in [0.2, 0.25) is 0 Å². The number of nitrogens with one attached hydrogen (secondary N) is 1. The number of anilines is 1. The van der Waals surface area contributed by atoms with Crippen molar-refractivity contribution < 1.29 is 18.0 Å². The molecule has 8 heteroatoms. The van der Waals surface area contributed by atoms with E-state index in [1.54, 1.807) is 19.1 Å². The van der Waals surface area contributed by atoms with Gasteiger partial charge in [-0.25, -0.2) is 8.42 Å². The topological polar surface area (TPSA) is 86.8 Å². The van der Waals surface area contributed by atoms with Gasteiger partial charge in [-0.2, -0.15) is 0 Å². The number of hydrogen-bond acceptors (Lipinski definition) is 4. The van der Waals surface area contributed by atoms with Gasteiger partial charge in [-0.3, -0.25) is 13.9 Å². The highest BCUT2D eigenvalue weighted by atomic mass is 32.2. The summed E-state index contributed by atoms with van der Waals surface area (Å²) < 4.78 is 26.6. The second-order valence-corrected chi connectivity index (χ2v) is 12.0. The maximum atomic E-state index is 13.7. The Morgan fingerprint density at radius 1 is 0.944 bits per heavy atom. The standard InChI is InChI=1S/C28H39N3O4S/c1-20-11-13-24(14-12-20)18-30(23(4)28(33)29-25-9-7-6-8-10-25)27(32)19-31(36(5,34)35)26-16-21(2)15-22(3)17-26/h11-17,23,25H,6-10,18-19H2,1-5H3,(H,29,33)/t23-/m0/s1. The predicted octanol–water partition coefficient (Wildman–Crippen LogP) is 4.24. The second-order valence-electron chi connectivity index (χ2n) is 10.1. The van der Waals surface area contributed by atoms with Gasteiger partial charge in [0.15, 0.2) is 0 Å². The molecule has 0 aromatic heterocycles. The number of nitrogens with zero attached hydrogens (tertiary/aromatic N) is 2. The van der Waals surface area contributed by atoms with Gasteiger partial charge in [-0.15, -0.1) is 0 Å². The first kappa shape index (κ1) is 27.7. The van der Waals surface area contributed by atoms with Crippen molar-refractivity contribution in [1.29, 1.82) is 0 Å². The molecular formula is C28H39N3O4S. The summed E-state index contributed by atoms with van der Waals surface area (Å²) in [5.41, 5.74) is 4.23. The zero-order chi connectivity index (χ0) is 26.5. The van der Waals surface area contributed by atoms with E-state index in [0.29, 0.717) is 5.69 Å². The van der Waals surface area contributed by atoms with Gasteiger partial charge in [0, 0.05) is 12.6 Å².